The van der Waals surface area contributed by atoms with Gasteiger partial charge in [0.15, 0.2) is 0 Å². The van der Waals surface area contributed by atoms with E-state index in [0.29, 0.717) is 5.56 Å². The molecule has 6 N–H and O–H groups in total. The van der Waals surface area contributed by atoms with Gasteiger partial charge in [0.05, 0.1) is 4.90 Å². The number of carboxylic acid groups (broad SMARTS) is 1. The van der Waals surface area contributed by atoms with Crippen molar-refractivity contribution in [3.05, 3.63) is 28.8 Å². The summed E-state index contributed by atoms with van der Waals surface area (Å²) in [5.74, 6) is -1.77. The third kappa shape index (κ3) is 4.24. The lowest BCUT2D eigenvalue weighted by molar-refractivity contribution is -0.138. The molecule has 0 aliphatic carbocycles. The zero-order chi connectivity index (χ0) is 18.7. The van der Waals surface area contributed by atoms with Gasteiger partial charge in [-0.2, -0.15) is 0 Å². The van der Waals surface area contributed by atoms with Gasteiger partial charge in [-0.05, 0) is 56.4 Å². The lowest BCUT2D eigenvalue weighted by Gasteiger charge is -2.24. The van der Waals surface area contributed by atoms with E-state index in [9.17, 15) is 13.2 Å². The van der Waals surface area contributed by atoms with Gasteiger partial charge in [-0.15, -0.1) is 0 Å². The molecule has 9 heteroatoms. The fraction of sp³-hybridized carbons (Fsp3) is 0.467. The van der Waals surface area contributed by atoms with E-state index >= 15 is 0 Å². The van der Waals surface area contributed by atoms with Crippen LogP contribution >= 0.6 is 0 Å². The predicted octanol–water partition coefficient (Wildman–Crippen LogP) is 0.688. The average Bonchev–Trinajstić information content (AvgIpc) is 2.47. The monoisotopic (exact) mass is 356 g/mol. The Kier molecular flexibility index (Phi) is 6.33. The first-order valence-electron chi connectivity index (χ1n) is 7.42. The minimum absolute atomic E-state index is 0.0839. The average molecular weight is 356 g/mol. The van der Waals surface area contributed by atoms with Crippen LogP contribution in [0, 0.1) is 26.2 Å². The molecular weight excluding hydrogens is 332 g/mol. The molecule has 1 rings (SSSR count). The third-order valence-corrected chi connectivity index (χ3v) is 6.00. The lowest BCUT2D eigenvalue weighted by atomic mass is 10.1. The number of hydrogen-bond donors (Lipinski definition) is 4. The van der Waals surface area contributed by atoms with Crippen LogP contribution in [0.5, 0.6) is 0 Å². The SMILES string of the molecule is Cc1ccc(S(=O)(=O)N(CCCC(N)C(=O)O)C(=N)N)c(C)c1C. The van der Waals surface area contributed by atoms with Crippen molar-refractivity contribution in [1.29, 1.82) is 5.41 Å². The van der Waals surface area contributed by atoms with Gasteiger partial charge in [0.1, 0.15) is 6.04 Å². The lowest BCUT2D eigenvalue weighted by Crippen LogP contribution is -2.42. The standard InChI is InChI=1S/C15H24N4O4S/c1-9-6-7-13(11(3)10(9)2)24(22,23)19(15(17)18)8-4-5-12(16)14(20)21/h6-7,12H,4-5,8,16H2,1-3H3,(H3,17,18)(H,20,21). The number of carboxylic acids is 1. The number of guanidine groups is 1. The van der Waals surface area contributed by atoms with Crippen LogP contribution in [-0.2, 0) is 14.8 Å². The summed E-state index contributed by atoms with van der Waals surface area (Å²) < 4.78 is 26.4. The third-order valence-electron chi connectivity index (χ3n) is 4.04. The van der Waals surface area contributed by atoms with Crippen LogP contribution in [0.25, 0.3) is 0 Å². The minimum Gasteiger partial charge on any atom is -0.480 e. The van der Waals surface area contributed by atoms with E-state index in [1.807, 2.05) is 13.8 Å². The van der Waals surface area contributed by atoms with E-state index in [1.165, 1.54) is 6.07 Å². The molecule has 0 aliphatic heterocycles. The second-order valence-corrected chi connectivity index (χ2v) is 7.51. The summed E-state index contributed by atoms with van der Waals surface area (Å²) in [6.45, 7) is 5.31. The number of hydrogen-bond acceptors (Lipinski definition) is 5. The molecule has 0 aromatic heterocycles. The number of nitrogens with two attached hydrogens (primary N) is 2. The molecule has 24 heavy (non-hydrogen) atoms. The van der Waals surface area contributed by atoms with Crippen molar-refractivity contribution < 1.29 is 18.3 Å². The van der Waals surface area contributed by atoms with Crippen molar-refractivity contribution >= 4 is 22.0 Å². The number of carbonyl (C=O) groups is 1. The number of aliphatic carboxylic acids is 1. The fourth-order valence-electron chi connectivity index (χ4n) is 2.28. The van der Waals surface area contributed by atoms with Crippen molar-refractivity contribution in [1.82, 2.24) is 4.31 Å². The van der Waals surface area contributed by atoms with Crippen LogP contribution < -0.4 is 11.5 Å². The highest BCUT2D eigenvalue weighted by Crippen LogP contribution is 2.24. The number of aryl methyl sites for hydroxylation is 1. The van der Waals surface area contributed by atoms with Crippen LogP contribution in [0.3, 0.4) is 0 Å². The molecule has 0 amide bonds. The predicted molar refractivity (Wildman–Crippen MR) is 91.3 cm³/mol. The highest BCUT2D eigenvalue weighted by Gasteiger charge is 2.28. The summed E-state index contributed by atoms with van der Waals surface area (Å²) in [4.78, 5) is 10.8. The zero-order valence-electron chi connectivity index (χ0n) is 14.0. The molecule has 134 valence electrons. The number of nitrogens with zero attached hydrogens (tertiary/aromatic N) is 1. The maximum absolute atomic E-state index is 12.8. The van der Waals surface area contributed by atoms with Crippen LogP contribution in [0.1, 0.15) is 29.5 Å². The molecule has 8 nitrogen and oxygen atoms in total. The largest absolute Gasteiger partial charge is 0.480 e. The molecule has 0 saturated heterocycles. The molecule has 0 bridgehead atoms. The molecule has 0 saturated carbocycles. The molecule has 1 atom stereocenters. The number of benzene rings is 1. The van der Waals surface area contributed by atoms with E-state index in [4.69, 9.17) is 22.0 Å². The van der Waals surface area contributed by atoms with Gasteiger partial charge in [0, 0.05) is 6.54 Å². The molecule has 1 aromatic carbocycles. The van der Waals surface area contributed by atoms with Crippen LogP contribution in [0.4, 0.5) is 0 Å². The Labute approximate surface area is 142 Å². The Morgan fingerprint density at radius 2 is 1.88 bits per heavy atom. The summed E-state index contributed by atoms with van der Waals surface area (Å²) in [6, 6.07) is 2.12. The summed E-state index contributed by atoms with van der Waals surface area (Å²) in [7, 11) is -3.99. The second-order valence-electron chi connectivity index (χ2n) is 5.68. The quantitative estimate of drug-likeness (QED) is 0.417. The molecule has 0 spiro atoms. The van der Waals surface area contributed by atoms with Crippen molar-refractivity contribution in [3.8, 4) is 0 Å². The van der Waals surface area contributed by atoms with Crippen LogP contribution in [0.2, 0.25) is 0 Å². The first-order valence-corrected chi connectivity index (χ1v) is 8.86. The fourth-order valence-corrected chi connectivity index (χ4v) is 3.92. The molecule has 1 unspecified atom stereocenters. The number of rotatable bonds is 7. The van der Waals surface area contributed by atoms with Crippen molar-refractivity contribution in [3.63, 3.8) is 0 Å². The van der Waals surface area contributed by atoms with E-state index in [0.717, 1.165) is 15.4 Å². The van der Waals surface area contributed by atoms with Gasteiger partial charge >= 0.3 is 5.97 Å². The normalized spacial score (nSPS) is 12.7. The van der Waals surface area contributed by atoms with E-state index in [2.05, 4.69) is 0 Å². The molecular formula is C15H24N4O4S. The first-order chi connectivity index (χ1) is 11.0. The van der Waals surface area contributed by atoms with Gasteiger partial charge in [0.25, 0.3) is 10.0 Å². The highest BCUT2D eigenvalue weighted by atomic mass is 32.2. The summed E-state index contributed by atoms with van der Waals surface area (Å²) in [5.41, 5.74) is 13.3. The number of sulfonamides is 1. The Bertz CT molecular complexity index is 746. The molecule has 0 aliphatic rings. The highest BCUT2D eigenvalue weighted by molar-refractivity contribution is 7.89. The Hall–Kier alpha value is -2.13. The Balaban J connectivity index is 3.09. The first kappa shape index (κ1) is 19.9. The van der Waals surface area contributed by atoms with Gasteiger partial charge in [-0.3, -0.25) is 10.2 Å². The minimum atomic E-state index is -3.99. The Morgan fingerprint density at radius 3 is 2.38 bits per heavy atom. The summed E-state index contributed by atoms with van der Waals surface area (Å²) in [6.07, 6.45) is 0.261. The van der Waals surface area contributed by atoms with Crippen LogP contribution in [0.15, 0.2) is 17.0 Å². The second kappa shape index (κ2) is 7.63. The Morgan fingerprint density at radius 1 is 1.29 bits per heavy atom. The van der Waals surface area contributed by atoms with Gasteiger partial charge in [0.2, 0.25) is 5.96 Å². The van der Waals surface area contributed by atoms with Crippen molar-refractivity contribution in [2.24, 2.45) is 11.5 Å². The topological polar surface area (TPSA) is 151 Å². The molecule has 0 fully saturated rings. The van der Waals surface area contributed by atoms with E-state index in [-0.39, 0.29) is 24.3 Å². The molecule has 1 aromatic rings. The summed E-state index contributed by atoms with van der Waals surface area (Å²) >= 11 is 0. The van der Waals surface area contributed by atoms with Crippen LogP contribution in [-0.4, -0.2) is 42.3 Å². The van der Waals surface area contributed by atoms with Crippen molar-refractivity contribution in [2.45, 2.75) is 44.6 Å². The van der Waals surface area contributed by atoms with E-state index in [1.54, 1.807) is 13.0 Å². The smallest absolute Gasteiger partial charge is 0.320 e. The van der Waals surface area contributed by atoms with E-state index < -0.39 is 28.0 Å². The van der Waals surface area contributed by atoms with Gasteiger partial charge in [-0.1, -0.05) is 6.07 Å². The van der Waals surface area contributed by atoms with Gasteiger partial charge < -0.3 is 16.6 Å². The maximum atomic E-state index is 12.8. The zero-order valence-corrected chi connectivity index (χ0v) is 14.9. The molecule has 0 radical (unpaired) electrons. The molecule has 0 heterocycles. The number of nitrogens with one attached hydrogen (secondary N) is 1. The van der Waals surface area contributed by atoms with Crippen molar-refractivity contribution in [2.75, 3.05) is 6.54 Å². The summed E-state index contributed by atoms with van der Waals surface area (Å²) in [5, 5.41) is 16.3. The van der Waals surface area contributed by atoms with Gasteiger partial charge in [-0.25, -0.2) is 12.7 Å². The maximum Gasteiger partial charge on any atom is 0.320 e.